The maximum Gasteiger partial charge on any atom is 0.332 e. The normalized spacial score (nSPS) is 12.1. The van der Waals surface area contributed by atoms with Crippen LogP contribution in [-0.4, -0.2) is 92.7 Å². The molecule has 1 aromatic carbocycles. The second kappa shape index (κ2) is 16.9. The van der Waals surface area contributed by atoms with E-state index in [1.165, 1.54) is 12.1 Å². The van der Waals surface area contributed by atoms with E-state index in [2.05, 4.69) is 0 Å². The highest BCUT2D eigenvalue weighted by atomic mass is 32.2. The molecule has 0 atom stereocenters. The number of carbonyl (C=O) groups excluding carboxylic acids is 1. The van der Waals surface area contributed by atoms with E-state index in [-0.39, 0.29) is 24.7 Å². The molecule has 0 aliphatic carbocycles. The summed E-state index contributed by atoms with van der Waals surface area (Å²) in [6.45, 7) is 8.36. The molecule has 0 aliphatic heterocycles. The van der Waals surface area contributed by atoms with Gasteiger partial charge in [0.05, 0.1) is 71.0 Å². The molecule has 0 aliphatic rings. The first-order chi connectivity index (χ1) is 15.7. The molecule has 33 heavy (non-hydrogen) atoms. The Balaban J connectivity index is 1.82. The Morgan fingerprint density at radius 1 is 0.697 bits per heavy atom. The predicted molar refractivity (Wildman–Crippen MR) is 120 cm³/mol. The molecule has 0 bridgehead atoms. The molecule has 0 fully saturated rings. The molecule has 1 rings (SSSR count). The lowest BCUT2D eigenvalue weighted by atomic mass is 10.2. The van der Waals surface area contributed by atoms with E-state index in [1.807, 2.05) is 0 Å². The molecule has 0 radical (unpaired) electrons. The lowest BCUT2D eigenvalue weighted by molar-refractivity contribution is -0.160. The van der Waals surface area contributed by atoms with Gasteiger partial charge in [0.15, 0.2) is 0 Å². The van der Waals surface area contributed by atoms with Crippen molar-refractivity contribution in [3.63, 3.8) is 0 Å². The molecule has 10 nitrogen and oxygen atoms in total. The fourth-order valence-electron chi connectivity index (χ4n) is 2.26. The highest BCUT2D eigenvalue weighted by Gasteiger charge is 2.16. The highest BCUT2D eigenvalue weighted by molar-refractivity contribution is 7.86. The number of benzene rings is 1. The van der Waals surface area contributed by atoms with E-state index in [9.17, 15) is 13.2 Å². The second-order valence-corrected chi connectivity index (χ2v) is 9.29. The third kappa shape index (κ3) is 16.6. The molecule has 0 saturated carbocycles. The molecular formula is C22H36O10S. The van der Waals surface area contributed by atoms with Crippen LogP contribution in [0.2, 0.25) is 0 Å². The molecular weight excluding hydrogens is 456 g/mol. The molecule has 0 saturated heterocycles. The van der Waals surface area contributed by atoms with Crippen molar-refractivity contribution in [2.45, 2.75) is 31.3 Å². The first-order valence-corrected chi connectivity index (χ1v) is 12.2. The minimum atomic E-state index is -3.75. The van der Waals surface area contributed by atoms with E-state index in [1.54, 1.807) is 39.0 Å². The van der Waals surface area contributed by atoms with Crippen LogP contribution in [0.25, 0.3) is 0 Å². The fourth-order valence-corrected chi connectivity index (χ4v) is 3.18. The number of hydrogen-bond acceptors (Lipinski definition) is 10. The molecule has 0 unspecified atom stereocenters. The Morgan fingerprint density at radius 2 is 1.12 bits per heavy atom. The largest absolute Gasteiger partial charge is 0.458 e. The van der Waals surface area contributed by atoms with Crippen LogP contribution in [0.3, 0.4) is 0 Å². The molecule has 0 heterocycles. The SMILES string of the molecule is CC(C)(C)OC(=O)COCCOCCOCCOCCOCCOS(=O)(=O)c1ccccc1. The van der Waals surface area contributed by atoms with E-state index in [4.69, 9.17) is 32.6 Å². The smallest absolute Gasteiger partial charge is 0.332 e. The van der Waals surface area contributed by atoms with Crippen molar-refractivity contribution in [3.8, 4) is 0 Å². The summed E-state index contributed by atoms with van der Waals surface area (Å²) in [6.07, 6.45) is 0. The summed E-state index contributed by atoms with van der Waals surface area (Å²) in [5.74, 6) is -0.402. The van der Waals surface area contributed by atoms with Gasteiger partial charge in [0, 0.05) is 0 Å². The summed E-state index contributed by atoms with van der Waals surface area (Å²) < 4.78 is 60.3. The number of hydrogen-bond donors (Lipinski definition) is 0. The summed E-state index contributed by atoms with van der Waals surface area (Å²) >= 11 is 0. The van der Waals surface area contributed by atoms with Gasteiger partial charge in [-0.2, -0.15) is 8.42 Å². The zero-order valence-corrected chi connectivity index (χ0v) is 20.5. The van der Waals surface area contributed by atoms with Crippen LogP contribution in [0.15, 0.2) is 35.2 Å². The van der Waals surface area contributed by atoms with Crippen LogP contribution in [0.5, 0.6) is 0 Å². The minimum absolute atomic E-state index is 0.0631. The van der Waals surface area contributed by atoms with Gasteiger partial charge in [0.1, 0.15) is 12.2 Å². The molecule has 0 aromatic heterocycles. The Kier molecular flexibility index (Phi) is 15.1. The van der Waals surface area contributed by atoms with E-state index >= 15 is 0 Å². The summed E-state index contributed by atoms with van der Waals surface area (Å²) in [7, 11) is -3.75. The predicted octanol–water partition coefficient (Wildman–Crippen LogP) is 1.82. The fraction of sp³-hybridized carbons (Fsp3) is 0.682. The lowest BCUT2D eigenvalue weighted by Gasteiger charge is -2.19. The van der Waals surface area contributed by atoms with Gasteiger partial charge >= 0.3 is 5.97 Å². The van der Waals surface area contributed by atoms with Gasteiger partial charge in [-0.3, -0.25) is 4.18 Å². The van der Waals surface area contributed by atoms with Crippen LogP contribution in [0, 0.1) is 0 Å². The van der Waals surface area contributed by atoms with Gasteiger partial charge < -0.3 is 28.4 Å². The average molecular weight is 493 g/mol. The lowest BCUT2D eigenvalue weighted by Crippen LogP contribution is -2.27. The number of carbonyl (C=O) groups is 1. The van der Waals surface area contributed by atoms with Crippen molar-refractivity contribution in [1.29, 1.82) is 0 Å². The van der Waals surface area contributed by atoms with Crippen molar-refractivity contribution in [2.24, 2.45) is 0 Å². The van der Waals surface area contributed by atoms with Gasteiger partial charge in [0.25, 0.3) is 10.1 Å². The number of esters is 1. The third-order valence-corrected chi connectivity index (χ3v) is 4.95. The molecule has 0 N–H and O–H groups in total. The summed E-state index contributed by atoms with van der Waals surface area (Å²) in [5.41, 5.74) is -0.520. The molecule has 1 aromatic rings. The van der Waals surface area contributed by atoms with Crippen LogP contribution in [0.1, 0.15) is 20.8 Å². The topological polar surface area (TPSA) is 116 Å². The van der Waals surface area contributed by atoms with Crippen molar-refractivity contribution in [1.82, 2.24) is 0 Å². The minimum Gasteiger partial charge on any atom is -0.458 e. The Morgan fingerprint density at radius 3 is 1.58 bits per heavy atom. The summed E-state index contributed by atoms with van der Waals surface area (Å²) in [4.78, 5) is 11.6. The molecule has 0 spiro atoms. The first-order valence-electron chi connectivity index (χ1n) is 10.8. The Bertz CT molecular complexity index is 731. The standard InChI is InChI=1S/C22H36O10S/c1-22(2,3)32-21(23)19-30-16-15-28-12-11-26-9-10-27-13-14-29-17-18-31-33(24,25)20-7-5-4-6-8-20/h4-8H,9-19H2,1-3H3. The third-order valence-electron chi connectivity index (χ3n) is 3.63. The Hall–Kier alpha value is -1.60. The van der Waals surface area contributed by atoms with Gasteiger partial charge in [-0.05, 0) is 32.9 Å². The average Bonchev–Trinajstić information content (AvgIpc) is 2.75. The van der Waals surface area contributed by atoms with Gasteiger partial charge in [-0.25, -0.2) is 4.79 Å². The van der Waals surface area contributed by atoms with Crippen LogP contribution in [0.4, 0.5) is 0 Å². The van der Waals surface area contributed by atoms with E-state index in [0.717, 1.165) is 0 Å². The van der Waals surface area contributed by atoms with Crippen LogP contribution < -0.4 is 0 Å². The van der Waals surface area contributed by atoms with Gasteiger partial charge in [0.2, 0.25) is 0 Å². The molecule has 190 valence electrons. The highest BCUT2D eigenvalue weighted by Crippen LogP contribution is 2.10. The van der Waals surface area contributed by atoms with Crippen molar-refractivity contribution in [2.75, 3.05) is 72.7 Å². The summed E-state index contributed by atoms with van der Waals surface area (Å²) in [6, 6.07) is 7.94. The molecule has 11 heteroatoms. The van der Waals surface area contributed by atoms with Crippen LogP contribution >= 0.6 is 0 Å². The quantitative estimate of drug-likeness (QED) is 0.161. The van der Waals surface area contributed by atoms with Gasteiger partial charge in [-0.1, -0.05) is 18.2 Å². The number of rotatable bonds is 19. The zero-order chi connectivity index (χ0) is 24.4. The van der Waals surface area contributed by atoms with Crippen molar-refractivity contribution >= 4 is 16.1 Å². The van der Waals surface area contributed by atoms with Crippen molar-refractivity contribution in [3.05, 3.63) is 30.3 Å². The van der Waals surface area contributed by atoms with Crippen molar-refractivity contribution < 1.29 is 45.8 Å². The van der Waals surface area contributed by atoms with E-state index < -0.39 is 21.7 Å². The van der Waals surface area contributed by atoms with Crippen LogP contribution in [-0.2, 0) is 47.5 Å². The Labute approximate surface area is 196 Å². The molecule has 0 amide bonds. The second-order valence-electron chi connectivity index (χ2n) is 7.68. The van der Waals surface area contributed by atoms with E-state index in [0.29, 0.717) is 52.9 Å². The maximum atomic E-state index is 11.9. The first kappa shape index (κ1) is 29.4. The zero-order valence-electron chi connectivity index (χ0n) is 19.7. The maximum absolute atomic E-state index is 11.9. The van der Waals surface area contributed by atoms with Gasteiger partial charge in [-0.15, -0.1) is 0 Å². The monoisotopic (exact) mass is 492 g/mol. The summed E-state index contributed by atoms with van der Waals surface area (Å²) in [5, 5.41) is 0. The number of ether oxygens (including phenoxy) is 6.